The number of aryl methyl sites for hydroxylation is 1. The van der Waals surface area contributed by atoms with Crippen molar-refractivity contribution >= 4 is 17.3 Å². The SMILES string of the molecule is Cc1ccc(-n2cc(C(C)Cl)nn2)cc1[N+](=O)[O-]. The number of nitro benzene ring substituents is 1. The Kier molecular flexibility index (Phi) is 3.29. The Morgan fingerprint density at radius 1 is 1.50 bits per heavy atom. The van der Waals surface area contributed by atoms with Crippen molar-refractivity contribution in [2.75, 3.05) is 0 Å². The van der Waals surface area contributed by atoms with Crippen molar-refractivity contribution in [1.82, 2.24) is 15.0 Å². The van der Waals surface area contributed by atoms with Gasteiger partial charge in [0.2, 0.25) is 0 Å². The summed E-state index contributed by atoms with van der Waals surface area (Å²) in [5.74, 6) is 0. The number of aromatic nitrogens is 3. The van der Waals surface area contributed by atoms with E-state index in [1.54, 1.807) is 32.2 Å². The molecule has 94 valence electrons. The van der Waals surface area contributed by atoms with Crippen LogP contribution in [0.4, 0.5) is 5.69 Å². The molecule has 0 radical (unpaired) electrons. The molecule has 0 fully saturated rings. The van der Waals surface area contributed by atoms with Crippen molar-refractivity contribution in [2.45, 2.75) is 19.2 Å². The topological polar surface area (TPSA) is 73.8 Å². The number of benzene rings is 1. The van der Waals surface area contributed by atoms with E-state index >= 15 is 0 Å². The average molecular weight is 267 g/mol. The first-order valence-corrected chi connectivity index (χ1v) is 5.74. The lowest BCUT2D eigenvalue weighted by molar-refractivity contribution is -0.385. The molecule has 1 aromatic carbocycles. The first-order valence-electron chi connectivity index (χ1n) is 5.31. The highest BCUT2D eigenvalue weighted by Gasteiger charge is 2.13. The highest BCUT2D eigenvalue weighted by atomic mass is 35.5. The van der Waals surface area contributed by atoms with Gasteiger partial charge in [-0.15, -0.1) is 16.7 Å². The lowest BCUT2D eigenvalue weighted by Crippen LogP contribution is -1.98. The first-order chi connectivity index (χ1) is 8.49. The van der Waals surface area contributed by atoms with Gasteiger partial charge in [0.1, 0.15) is 5.69 Å². The molecule has 1 aromatic heterocycles. The van der Waals surface area contributed by atoms with Crippen molar-refractivity contribution in [3.63, 3.8) is 0 Å². The van der Waals surface area contributed by atoms with Gasteiger partial charge in [0.15, 0.2) is 0 Å². The molecule has 1 heterocycles. The van der Waals surface area contributed by atoms with Gasteiger partial charge in [-0.1, -0.05) is 11.3 Å². The minimum absolute atomic E-state index is 0.0588. The monoisotopic (exact) mass is 266 g/mol. The van der Waals surface area contributed by atoms with Gasteiger partial charge in [0.25, 0.3) is 5.69 Å². The molecule has 1 unspecified atom stereocenters. The average Bonchev–Trinajstić information content (AvgIpc) is 2.78. The van der Waals surface area contributed by atoms with Crippen molar-refractivity contribution in [1.29, 1.82) is 0 Å². The van der Waals surface area contributed by atoms with Gasteiger partial charge in [-0.2, -0.15) is 0 Å². The molecular weight excluding hydrogens is 256 g/mol. The van der Waals surface area contributed by atoms with Gasteiger partial charge >= 0.3 is 0 Å². The van der Waals surface area contributed by atoms with Crippen LogP contribution in [0.1, 0.15) is 23.6 Å². The van der Waals surface area contributed by atoms with Crippen LogP contribution in [-0.4, -0.2) is 19.9 Å². The Morgan fingerprint density at radius 3 is 2.78 bits per heavy atom. The molecule has 0 N–H and O–H groups in total. The summed E-state index contributed by atoms with van der Waals surface area (Å²) in [5.41, 5.74) is 1.88. The summed E-state index contributed by atoms with van der Waals surface area (Å²) in [6.45, 7) is 3.48. The van der Waals surface area contributed by atoms with Crippen LogP contribution in [0, 0.1) is 17.0 Å². The molecular formula is C11H11ClN4O2. The van der Waals surface area contributed by atoms with E-state index in [1.165, 1.54) is 10.7 Å². The summed E-state index contributed by atoms with van der Waals surface area (Å²) in [7, 11) is 0. The van der Waals surface area contributed by atoms with E-state index in [0.717, 1.165) is 0 Å². The van der Waals surface area contributed by atoms with E-state index in [9.17, 15) is 10.1 Å². The molecule has 2 rings (SSSR count). The molecule has 0 aliphatic heterocycles. The third-order valence-electron chi connectivity index (χ3n) is 2.57. The maximum absolute atomic E-state index is 10.9. The zero-order valence-corrected chi connectivity index (χ0v) is 10.6. The Labute approximate surface area is 108 Å². The molecule has 0 spiro atoms. The van der Waals surface area contributed by atoms with E-state index in [-0.39, 0.29) is 11.1 Å². The second-order valence-corrected chi connectivity index (χ2v) is 4.59. The molecule has 0 aliphatic carbocycles. The molecule has 0 aliphatic rings. The van der Waals surface area contributed by atoms with E-state index < -0.39 is 4.92 Å². The highest BCUT2D eigenvalue weighted by Crippen LogP contribution is 2.22. The quantitative estimate of drug-likeness (QED) is 0.486. The smallest absolute Gasteiger partial charge is 0.258 e. The number of nitrogens with zero attached hydrogens (tertiary/aromatic N) is 4. The Morgan fingerprint density at radius 2 is 2.22 bits per heavy atom. The fourth-order valence-electron chi connectivity index (χ4n) is 1.52. The van der Waals surface area contributed by atoms with Crippen LogP contribution in [0.5, 0.6) is 0 Å². The summed E-state index contributed by atoms with van der Waals surface area (Å²) < 4.78 is 1.47. The van der Waals surface area contributed by atoms with Gasteiger partial charge < -0.3 is 0 Å². The number of rotatable bonds is 3. The lowest BCUT2D eigenvalue weighted by Gasteiger charge is -2.02. The van der Waals surface area contributed by atoms with Crippen molar-refractivity contribution in [3.8, 4) is 5.69 Å². The second-order valence-electron chi connectivity index (χ2n) is 3.93. The van der Waals surface area contributed by atoms with Crippen LogP contribution < -0.4 is 0 Å². The number of alkyl halides is 1. The largest absolute Gasteiger partial charge is 0.274 e. The first kappa shape index (κ1) is 12.5. The molecule has 0 saturated heterocycles. The lowest BCUT2D eigenvalue weighted by atomic mass is 10.2. The Balaban J connectivity index is 2.44. The molecule has 0 saturated carbocycles. The minimum atomic E-state index is -0.416. The van der Waals surface area contributed by atoms with Gasteiger partial charge in [0.05, 0.1) is 22.2 Å². The van der Waals surface area contributed by atoms with Crippen molar-refractivity contribution < 1.29 is 4.92 Å². The number of nitro groups is 1. The zero-order valence-electron chi connectivity index (χ0n) is 9.87. The van der Waals surface area contributed by atoms with Crippen LogP contribution in [0.2, 0.25) is 0 Å². The molecule has 7 heteroatoms. The molecule has 18 heavy (non-hydrogen) atoms. The molecule has 2 aromatic rings. The van der Waals surface area contributed by atoms with Crippen LogP contribution >= 0.6 is 11.6 Å². The second kappa shape index (κ2) is 4.73. The number of hydrogen-bond acceptors (Lipinski definition) is 4. The maximum atomic E-state index is 10.9. The third kappa shape index (κ3) is 2.33. The van der Waals surface area contributed by atoms with E-state index in [4.69, 9.17) is 11.6 Å². The summed E-state index contributed by atoms with van der Waals surface area (Å²) in [5, 5.41) is 18.4. The fraction of sp³-hybridized carbons (Fsp3) is 0.273. The number of hydrogen-bond donors (Lipinski definition) is 0. The van der Waals surface area contributed by atoms with Gasteiger partial charge in [0, 0.05) is 11.6 Å². The molecule has 6 nitrogen and oxygen atoms in total. The summed E-state index contributed by atoms with van der Waals surface area (Å²) in [4.78, 5) is 10.4. The Bertz CT molecular complexity index is 594. The zero-order chi connectivity index (χ0) is 13.3. The van der Waals surface area contributed by atoms with E-state index in [1.807, 2.05) is 0 Å². The normalized spacial score (nSPS) is 12.4. The summed E-state index contributed by atoms with van der Waals surface area (Å²) in [6.07, 6.45) is 1.66. The van der Waals surface area contributed by atoms with Crippen LogP contribution in [0.3, 0.4) is 0 Å². The molecule has 0 amide bonds. The van der Waals surface area contributed by atoms with Crippen molar-refractivity contribution in [2.24, 2.45) is 0 Å². The van der Waals surface area contributed by atoms with Crippen molar-refractivity contribution in [3.05, 3.63) is 45.8 Å². The Hall–Kier alpha value is -1.95. The van der Waals surface area contributed by atoms with Crippen LogP contribution in [-0.2, 0) is 0 Å². The summed E-state index contributed by atoms with van der Waals surface area (Å²) in [6, 6.07) is 4.89. The molecule has 0 bridgehead atoms. The minimum Gasteiger partial charge on any atom is -0.258 e. The maximum Gasteiger partial charge on any atom is 0.274 e. The number of halogens is 1. The van der Waals surface area contributed by atoms with Gasteiger partial charge in [-0.05, 0) is 19.9 Å². The van der Waals surface area contributed by atoms with Gasteiger partial charge in [-0.3, -0.25) is 10.1 Å². The van der Waals surface area contributed by atoms with Crippen LogP contribution in [0.15, 0.2) is 24.4 Å². The van der Waals surface area contributed by atoms with E-state index in [2.05, 4.69) is 10.3 Å². The summed E-state index contributed by atoms with van der Waals surface area (Å²) >= 11 is 5.89. The highest BCUT2D eigenvalue weighted by molar-refractivity contribution is 6.20. The van der Waals surface area contributed by atoms with Crippen LogP contribution in [0.25, 0.3) is 5.69 Å². The predicted molar refractivity (Wildman–Crippen MR) is 67.0 cm³/mol. The fourth-order valence-corrected chi connectivity index (χ4v) is 1.62. The standard InChI is InChI=1S/C11H11ClN4O2/c1-7-3-4-9(5-11(7)16(17)18)15-6-10(8(2)12)13-14-15/h3-6,8H,1-2H3. The van der Waals surface area contributed by atoms with E-state index in [0.29, 0.717) is 16.9 Å². The third-order valence-corrected chi connectivity index (χ3v) is 2.80. The molecule has 1 atom stereocenters. The van der Waals surface area contributed by atoms with Gasteiger partial charge in [-0.25, -0.2) is 4.68 Å². The predicted octanol–water partition coefficient (Wildman–Crippen LogP) is 2.78.